The number of ether oxygens (including phenoxy) is 1. The summed E-state index contributed by atoms with van der Waals surface area (Å²) in [6.45, 7) is 1.07. The average Bonchev–Trinajstić information content (AvgIpc) is 2.48. The molecule has 1 aliphatic carbocycles. The van der Waals surface area contributed by atoms with Gasteiger partial charge in [0.2, 0.25) is 0 Å². The fourth-order valence-electron chi connectivity index (χ4n) is 1.46. The fourth-order valence-corrected chi connectivity index (χ4v) is 1.46. The molecule has 3 aliphatic rings. The van der Waals surface area contributed by atoms with Crippen LogP contribution < -0.4 is 5.56 Å². The Morgan fingerprint density at radius 2 is 2.40 bits per heavy atom. The van der Waals surface area contributed by atoms with Crippen LogP contribution in [-0.4, -0.2) is 4.57 Å². The van der Waals surface area contributed by atoms with Crippen LogP contribution in [0, 0.1) is 0 Å². The van der Waals surface area contributed by atoms with Crippen molar-refractivity contribution in [3.63, 3.8) is 0 Å². The van der Waals surface area contributed by atoms with Gasteiger partial charge in [0.05, 0.1) is 12.3 Å². The van der Waals surface area contributed by atoms with Crippen LogP contribution in [-0.2, 0) is 18.1 Å². The van der Waals surface area contributed by atoms with Gasteiger partial charge in [-0.15, -0.1) is 0 Å². The Labute approximate surface area is 56.9 Å². The molecule has 3 heteroatoms. The Bertz CT molecular complexity index is 378. The number of hydrogen-bond donors (Lipinski definition) is 0. The summed E-state index contributed by atoms with van der Waals surface area (Å²) in [5.41, 5.74) is 3.23. The van der Waals surface area contributed by atoms with Crippen LogP contribution in [0.4, 0.5) is 0 Å². The summed E-state index contributed by atoms with van der Waals surface area (Å²) < 4.78 is 6.79. The van der Waals surface area contributed by atoms with Crippen molar-refractivity contribution in [2.45, 2.75) is 13.3 Å². The maximum Gasteiger partial charge on any atom is 0.260 e. The van der Waals surface area contributed by atoms with Crippen molar-refractivity contribution in [1.82, 2.24) is 4.57 Å². The molecule has 0 fully saturated rings. The minimum Gasteiger partial charge on any atom is -0.354 e. The second kappa shape index (κ2) is 1.18. The highest BCUT2D eigenvalue weighted by atomic mass is 16.5. The van der Waals surface area contributed by atoms with Crippen LogP contribution in [0.2, 0.25) is 0 Å². The molecule has 0 saturated carbocycles. The Balaban J connectivity index is 2.47. The highest BCUT2D eigenvalue weighted by Crippen LogP contribution is 2.36. The summed E-state index contributed by atoms with van der Waals surface area (Å²) in [5, 5.41) is 0. The molecular formula is C7H5NO2. The highest BCUT2D eigenvalue weighted by molar-refractivity contribution is 5.82. The number of nitrogens with zero attached hydrogens (tertiary/aromatic N) is 1. The molecule has 0 N–H and O–H groups in total. The summed E-state index contributed by atoms with van der Waals surface area (Å²) in [4.78, 5) is 11.2. The normalized spacial score (nSPS) is 17.2. The van der Waals surface area contributed by atoms with Crippen molar-refractivity contribution in [2.75, 3.05) is 0 Å². The van der Waals surface area contributed by atoms with Gasteiger partial charge in [-0.3, -0.25) is 9.36 Å². The minimum atomic E-state index is 0.127. The Kier molecular flexibility index (Phi) is 0.551. The van der Waals surface area contributed by atoms with Gasteiger partial charge in [-0.25, -0.2) is 0 Å². The number of aromatic nitrogens is 1. The van der Waals surface area contributed by atoms with E-state index < -0.39 is 0 Å². The zero-order valence-corrected chi connectivity index (χ0v) is 5.26. The van der Waals surface area contributed by atoms with Gasteiger partial charge in [-0.1, -0.05) is 0 Å². The molecule has 0 aromatic carbocycles. The summed E-state index contributed by atoms with van der Waals surface area (Å²) >= 11 is 0. The predicted octanol–water partition coefficient (Wildman–Crippen LogP) is 0.316. The van der Waals surface area contributed by atoms with E-state index >= 15 is 0 Å². The van der Waals surface area contributed by atoms with Crippen molar-refractivity contribution in [3.8, 4) is 11.1 Å². The smallest absolute Gasteiger partial charge is 0.260 e. The largest absolute Gasteiger partial charge is 0.354 e. The molecule has 0 spiro atoms. The lowest BCUT2D eigenvalue weighted by atomic mass is 10.4. The van der Waals surface area contributed by atoms with E-state index in [1.807, 2.05) is 6.07 Å². The van der Waals surface area contributed by atoms with Gasteiger partial charge in [0, 0.05) is 11.1 Å². The SMILES string of the molecule is O=c1c2cc-2c2n1COC2. The lowest BCUT2D eigenvalue weighted by Crippen LogP contribution is -2.12. The maximum absolute atomic E-state index is 11.2. The first-order valence-corrected chi connectivity index (χ1v) is 3.23. The third kappa shape index (κ3) is 0.333. The van der Waals surface area contributed by atoms with Crippen LogP contribution in [0.5, 0.6) is 0 Å². The lowest BCUT2D eigenvalue weighted by molar-refractivity contribution is 0.107. The van der Waals surface area contributed by atoms with E-state index in [4.69, 9.17) is 4.74 Å². The van der Waals surface area contributed by atoms with Gasteiger partial charge in [0.15, 0.2) is 0 Å². The number of hydrogen-bond acceptors (Lipinski definition) is 2. The van der Waals surface area contributed by atoms with Crippen LogP contribution in [0.15, 0.2) is 10.9 Å². The van der Waals surface area contributed by atoms with Gasteiger partial charge < -0.3 is 4.74 Å². The summed E-state index contributed by atoms with van der Waals surface area (Å²) in [7, 11) is 0. The second-order valence-electron chi connectivity index (χ2n) is 2.63. The molecule has 3 nitrogen and oxygen atoms in total. The molecule has 2 aliphatic heterocycles. The van der Waals surface area contributed by atoms with Gasteiger partial charge in [-0.2, -0.15) is 0 Å². The molecule has 50 valence electrons. The molecule has 0 aromatic rings. The van der Waals surface area contributed by atoms with Crippen molar-refractivity contribution in [3.05, 3.63) is 22.1 Å². The van der Waals surface area contributed by atoms with Crippen LogP contribution in [0.25, 0.3) is 11.1 Å². The standard InChI is InChI=1S/C7H5NO2/c9-7-5-1-4(5)6-2-10-3-8(6)7/h1H,2-3H2. The summed E-state index contributed by atoms with van der Waals surface area (Å²) in [6, 6.07) is 1.92. The van der Waals surface area contributed by atoms with Crippen LogP contribution >= 0.6 is 0 Å². The minimum absolute atomic E-state index is 0.127. The molecule has 0 amide bonds. The van der Waals surface area contributed by atoms with E-state index in [1.54, 1.807) is 4.57 Å². The first kappa shape index (κ1) is 4.68. The molecule has 0 radical (unpaired) electrons. The topological polar surface area (TPSA) is 31.2 Å². The average molecular weight is 135 g/mol. The van der Waals surface area contributed by atoms with Crippen molar-refractivity contribution in [1.29, 1.82) is 0 Å². The molecule has 3 rings (SSSR count). The zero-order chi connectivity index (χ0) is 6.72. The molecule has 0 unspecified atom stereocenters. The molecule has 2 heterocycles. The quantitative estimate of drug-likeness (QED) is 0.520. The number of pyridine rings is 1. The first-order chi connectivity index (χ1) is 4.88. The van der Waals surface area contributed by atoms with E-state index in [9.17, 15) is 4.79 Å². The number of rotatable bonds is 0. The first-order valence-electron chi connectivity index (χ1n) is 3.23. The van der Waals surface area contributed by atoms with Gasteiger partial charge in [-0.05, 0) is 6.07 Å². The molecule has 0 bridgehead atoms. The van der Waals surface area contributed by atoms with Crippen molar-refractivity contribution < 1.29 is 4.74 Å². The van der Waals surface area contributed by atoms with E-state index in [2.05, 4.69) is 0 Å². The Morgan fingerprint density at radius 1 is 1.50 bits per heavy atom. The molecule has 0 aromatic heterocycles. The van der Waals surface area contributed by atoms with Gasteiger partial charge in [0.25, 0.3) is 5.56 Å². The summed E-state index contributed by atoms with van der Waals surface area (Å²) in [5.74, 6) is 0. The number of fused-ring (bicyclic) bond motifs is 3. The Morgan fingerprint density at radius 3 is 3.20 bits per heavy atom. The van der Waals surface area contributed by atoms with Gasteiger partial charge in [0.1, 0.15) is 6.73 Å². The zero-order valence-electron chi connectivity index (χ0n) is 5.26. The third-order valence-corrected chi connectivity index (χ3v) is 2.07. The maximum atomic E-state index is 11.2. The molecule has 0 saturated heterocycles. The second-order valence-corrected chi connectivity index (χ2v) is 2.63. The molecule has 0 atom stereocenters. The predicted molar refractivity (Wildman–Crippen MR) is 34.5 cm³/mol. The summed E-state index contributed by atoms with van der Waals surface area (Å²) in [6.07, 6.45) is 0. The third-order valence-electron chi connectivity index (χ3n) is 2.07. The van der Waals surface area contributed by atoms with Gasteiger partial charge >= 0.3 is 0 Å². The van der Waals surface area contributed by atoms with Crippen LogP contribution in [0.1, 0.15) is 5.69 Å². The van der Waals surface area contributed by atoms with E-state index in [0.717, 1.165) is 16.8 Å². The molecular weight excluding hydrogens is 130 g/mol. The Hall–Kier alpha value is -1.09. The van der Waals surface area contributed by atoms with Crippen LogP contribution in [0.3, 0.4) is 0 Å². The van der Waals surface area contributed by atoms with E-state index in [1.165, 1.54) is 0 Å². The monoisotopic (exact) mass is 135 g/mol. The highest BCUT2D eigenvalue weighted by Gasteiger charge is 2.30. The fraction of sp³-hybridized carbons (Fsp3) is 0.286. The van der Waals surface area contributed by atoms with E-state index in [0.29, 0.717) is 13.3 Å². The lowest BCUT2D eigenvalue weighted by Gasteiger charge is -1.88. The van der Waals surface area contributed by atoms with Crippen molar-refractivity contribution >= 4 is 0 Å². The molecule has 10 heavy (non-hydrogen) atoms. The van der Waals surface area contributed by atoms with E-state index in [-0.39, 0.29) is 5.56 Å². The van der Waals surface area contributed by atoms with Crippen molar-refractivity contribution in [2.24, 2.45) is 0 Å².